The molecule has 0 unspecified atom stereocenters. The third-order valence-electron chi connectivity index (χ3n) is 5.84. The maximum atomic E-state index is 13.1. The zero-order valence-electron chi connectivity index (χ0n) is 20.3. The van der Waals surface area contributed by atoms with Gasteiger partial charge < -0.3 is 19.7 Å². The van der Waals surface area contributed by atoms with Crippen molar-refractivity contribution < 1.29 is 19.1 Å². The second kappa shape index (κ2) is 11.6. The van der Waals surface area contributed by atoms with E-state index in [1.54, 1.807) is 10.7 Å². The van der Waals surface area contributed by atoms with Gasteiger partial charge in [-0.2, -0.15) is 5.10 Å². The Kier molecular flexibility index (Phi) is 8.03. The molecule has 0 bridgehead atoms. The lowest BCUT2D eigenvalue weighted by molar-refractivity contribution is 0.0745. The molecule has 0 radical (unpaired) electrons. The molecular formula is C27H32N4O4. The Morgan fingerprint density at radius 1 is 0.971 bits per heavy atom. The van der Waals surface area contributed by atoms with Gasteiger partial charge in [0.1, 0.15) is 5.69 Å². The van der Waals surface area contributed by atoms with Crippen LogP contribution < -0.4 is 14.8 Å². The number of nitrogens with one attached hydrogen (secondary N) is 1. The van der Waals surface area contributed by atoms with Crippen LogP contribution in [0.5, 0.6) is 11.5 Å². The summed E-state index contributed by atoms with van der Waals surface area (Å²) in [6.45, 7) is 7.22. The molecule has 1 aliphatic heterocycles. The minimum Gasteiger partial charge on any atom is -0.490 e. The predicted molar refractivity (Wildman–Crippen MR) is 133 cm³/mol. The predicted octanol–water partition coefficient (Wildman–Crippen LogP) is 3.70. The van der Waals surface area contributed by atoms with Crippen molar-refractivity contribution in [2.24, 2.45) is 0 Å². The average molecular weight is 477 g/mol. The molecule has 0 fully saturated rings. The van der Waals surface area contributed by atoms with E-state index < -0.39 is 0 Å². The van der Waals surface area contributed by atoms with Crippen LogP contribution in [0.1, 0.15) is 52.4 Å². The van der Waals surface area contributed by atoms with E-state index in [0.717, 1.165) is 17.5 Å². The third-order valence-corrected chi connectivity index (χ3v) is 5.84. The van der Waals surface area contributed by atoms with Crippen LogP contribution in [-0.4, -0.2) is 52.8 Å². The molecule has 0 saturated carbocycles. The van der Waals surface area contributed by atoms with Gasteiger partial charge in [-0.05, 0) is 49.9 Å². The molecule has 8 heteroatoms. The molecule has 2 amide bonds. The quantitative estimate of drug-likeness (QED) is 0.482. The van der Waals surface area contributed by atoms with Gasteiger partial charge in [0.25, 0.3) is 11.8 Å². The van der Waals surface area contributed by atoms with Crippen LogP contribution in [0, 0.1) is 0 Å². The van der Waals surface area contributed by atoms with Crippen molar-refractivity contribution in [2.75, 3.05) is 26.3 Å². The maximum Gasteiger partial charge on any atom is 0.272 e. The molecule has 4 rings (SSSR count). The number of ether oxygens (including phenoxy) is 2. The standard InChI is InChI=1S/C27H32N4O4/c1-3-34-24-12-11-20(17-25(24)35-4-2)13-14-28-26(32)22-18-23-27(33)30(15-8-16-31(23)29-22)19-21-9-6-5-7-10-21/h5-7,9-12,17-18H,3-4,8,13-16,19H2,1-2H3,(H,28,32). The van der Waals surface area contributed by atoms with Gasteiger partial charge in [-0.15, -0.1) is 0 Å². The topological polar surface area (TPSA) is 85.7 Å². The molecule has 0 spiro atoms. The number of rotatable bonds is 10. The number of nitrogens with zero attached hydrogens (tertiary/aromatic N) is 3. The Labute approximate surface area is 205 Å². The average Bonchev–Trinajstić information content (AvgIpc) is 3.24. The van der Waals surface area contributed by atoms with Crippen molar-refractivity contribution in [3.63, 3.8) is 0 Å². The number of hydrogen-bond donors (Lipinski definition) is 1. The lowest BCUT2D eigenvalue weighted by Crippen LogP contribution is -2.30. The van der Waals surface area contributed by atoms with Crippen LogP contribution in [0.2, 0.25) is 0 Å². The summed E-state index contributed by atoms with van der Waals surface area (Å²) < 4.78 is 12.9. The zero-order chi connectivity index (χ0) is 24.6. The Morgan fingerprint density at radius 2 is 1.74 bits per heavy atom. The lowest BCUT2D eigenvalue weighted by Gasteiger charge is -2.20. The normalized spacial score (nSPS) is 13.2. The largest absolute Gasteiger partial charge is 0.490 e. The molecule has 1 N–H and O–H groups in total. The fourth-order valence-corrected chi connectivity index (χ4v) is 4.16. The summed E-state index contributed by atoms with van der Waals surface area (Å²) in [4.78, 5) is 27.7. The number of fused-ring (bicyclic) bond motifs is 1. The number of carbonyl (C=O) groups is 2. The fraction of sp³-hybridized carbons (Fsp3) is 0.370. The van der Waals surface area contributed by atoms with Crippen LogP contribution in [0.4, 0.5) is 0 Å². The number of hydrogen-bond acceptors (Lipinski definition) is 5. The molecule has 8 nitrogen and oxygen atoms in total. The summed E-state index contributed by atoms with van der Waals surface area (Å²) in [7, 11) is 0. The minimum atomic E-state index is -0.288. The fourth-order valence-electron chi connectivity index (χ4n) is 4.16. The van der Waals surface area contributed by atoms with Gasteiger partial charge in [0.2, 0.25) is 0 Å². The molecule has 35 heavy (non-hydrogen) atoms. The van der Waals surface area contributed by atoms with Crippen molar-refractivity contribution >= 4 is 11.8 Å². The summed E-state index contributed by atoms with van der Waals surface area (Å²) in [5, 5.41) is 7.34. The Morgan fingerprint density at radius 3 is 2.51 bits per heavy atom. The third kappa shape index (κ3) is 6.01. The van der Waals surface area contributed by atoms with E-state index in [4.69, 9.17) is 9.47 Å². The van der Waals surface area contributed by atoms with Gasteiger partial charge in [-0.25, -0.2) is 0 Å². The second-order valence-corrected chi connectivity index (χ2v) is 8.36. The molecule has 0 aliphatic carbocycles. The molecule has 1 aliphatic rings. The summed E-state index contributed by atoms with van der Waals surface area (Å²) >= 11 is 0. The van der Waals surface area contributed by atoms with Gasteiger partial charge in [-0.3, -0.25) is 14.3 Å². The first-order chi connectivity index (χ1) is 17.1. The Balaban J connectivity index is 1.37. The Hall–Kier alpha value is -3.81. The van der Waals surface area contributed by atoms with E-state index in [1.165, 1.54) is 0 Å². The highest BCUT2D eigenvalue weighted by Gasteiger charge is 2.26. The molecule has 0 atom stereocenters. The van der Waals surface area contributed by atoms with Crippen LogP contribution in [0.25, 0.3) is 0 Å². The van der Waals surface area contributed by atoms with Gasteiger partial charge in [0.05, 0.1) is 13.2 Å². The van der Waals surface area contributed by atoms with E-state index in [0.29, 0.717) is 63.0 Å². The molecular weight excluding hydrogens is 444 g/mol. The molecule has 0 saturated heterocycles. The Bertz CT molecular complexity index is 1160. The van der Waals surface area contributed by atoms with Crippen LogP contribution >= 0.6 is 0 Å². The maximum absolute atomic E-state index is 13.1. The van der Waals surface area contributed by atoms with Crippen molar-refractivity contribution in [1.29, 1.82) is 0 Å². The van der Waals surface area contributed by atoms with E-state index >= 15 is 0 Å². The van der Waals surface area contributed by atoms with Gasteiger partial charge in [0, 0.05) is 32.2 Å². The zero-order valence-corrected chi connectivity index (χ0v) is 20.3. The smallest absolute Gasteiger partial charge is 0.272 e. The van der Waals surface area contributed by atoms with Crippen molar-refractivity contribution in [1.82, 2.24) is 20.0 Å². The highest BCUT2D eigenvalue weighted by Crippen LogP contribution is 2.28. The first-order valence-electron chi connectivity index (χ1n) is 12.2. The number of aryl methyl sites for hydroxylation is 1. The van der Waals surface area contributed by atoms with E-state index in [-0.39, 0.29) is 17.5 Å². The summed E-state index contributed by atoms with van der Waals surface area (Å²) in [5.74, 6) is 1.03. The van der Waals surface area contributed by atoms with E-state index in [9.17, 15) is 9.59 Å². The molecule has 184 valence electrons. The number of benzene rings is 2. The molecule has 2 heterocycles. The lowest BCUT2D eigenvalue weighted by atomic mass is 10.1. The van der Waals surface area contributed by atoms with Crippen LogP contribution in [-0.2, 0) is 19.5 Å². The van der Waals surface area contributed by atoms with Crippen molar-refractivity contribution in [3.05, 3.63) is 77.1 Å². The minimum absolute atomic E-state index is 0.101. The van der Waals surface area contributed by atoms with E-state index in [2.05, 4.69) is 10.4 Å². The number of amides is 2. The van der Waals surface area contributed by atoms with Gasteiger partial charge in [0.15, 0.2) is 17.2 Å². The second-order valence-electron chi connectivity index (χ2n) is 8.36. The number of aromatic nitrogens is 2. The SMILES string of the molecule is CCOc1ccc(CCNC(=O)c2cc3n(n2)CCCN(Cc2ccccc2)C3=O)cc1OCC. The molecule has 3 aromatic rings. The summed E-state index contributed by atoms with van der Waals surface area (Å²) in [5.41, 5.74) is 2.83. The van der Waals surface area contributed by atoms with Gasteiger partial charge in [-0.1, -0.05) is 36.4 Å². The highest BCUT2D eigenvalue weighted by atomic mass is 16.5. The van der Waals surface area contributed by atoms with Gasteiger partial charge >= 0.3 is 0 Å². The van der Waals surface area contributed by atoms with Crippen molar-refractivity contribution in [2.45, 2.75) is 39.8 Å². The van der Waals surface area contributed by atoms with Crippen LogP contribution in [0.15, 0.2) is 54.6 Å². The number of carbonyl (C=O) groups excluding carboxylic acids is 2. The van der Waals surface area contributed by atoms with Crippen molar-refractivity contribution in [3.8, 4) is 11.5 Å². The molecule has 1 aromatic heterocycles. The first-order valence-corrected chi connectivity index (χ1v) is 12.2. The summed E-state index contributed by atoms with van der Waals surface area (Å²) in [6.07, 6.45) is 1.42. The van der Waals surface area contributed by atoms with E-state index in [1.807, 2.05) is 67.3 Å². The monoisotopic (exact) mass is 476 g/mol. The summed E-state index contributed by atoms with van der Waals surface area (Å²) in [6, 6.07) is 17.3. The molecule has 2 aromatic carbocycles. The first kappa shape index (κ1) is 24.3. The van der Waals surface area contributed by atoms with Crippen LogP contribution in [0.3, 0.4) is 0 Å². The highest BCUT2D eigenvalue weighted by molar-refractivity contribution is 5.98.